The van der Waals surface area contributed by atoms with Gasteiger partial charge in [-0.2, -0.15) is 5.10 Å². The lowest BCUT2D eigenvalue weighted by atomic mass is 10.3. The largest absolute Gasteiger partial charge is 0.389 e. The molecule has 0 bridgehead atoms. The summed E-state index contributed by atoms with van der Waals surface area (Å²) in [5.74, 6) is -0.322. The second-order valence-corrected chi connectivity index (χ2v) is 6.52. The fourth-order valence-corrected chi connectivity index (χ4v) is 3.11. The lowest BCUT2D eigenvalue weighted by molar-refractivity contribution is 0.0894. The summed E-state index contributed by atoms with van der Waals surface area (Å²) in [6.45, 7) is 0.158. The SMILES string of the molecule is Cn1nc(-c2cccs2)cc1C(=O)NCC(O)Cn1ccccc1=O. The molecule has 1 unspecified atom stereocenters. The molecule has 0 spiro atoms. The van der Waals surface area contributed by atoms with Crippen LogP contribution < -0.4 is 10.9 Å². The van der Waals surface area contributed by atoms with Crippen LogP contribution in [0.5, 0.6) is 0 Å². The molecule has 8 heteroatoms. The average Bonchev–Trinajstić information content (AvgIpc) is 3.24. The number of carbonyl (C=O) groups is 1. The molecule has 0 radical (unpaired) electrons. The Balaban J connectivity index is 1.61. The predicted molar refractivity (Wildman–Crippen MR) is 95.6 cm³/mol. The molecule has 2 N–H and O–H groups in total. The van der Waals surface area contributed by atoms with Gasteiger partial charge in [0.25, 0.3) is 11.5 Å². The molecule has 0 saturated heterocycles. The van der Waals surface area contributed by atoms with Crippen molar-refractivity contribution in [3.8, 4) is 10.6 Å². The van der Waals surface area contributed by atoms with Crippen LogP contribution in [-0.4, -0.2) is 38.0 Å². The first-order valence-corrected chi connectivity index (χ1v) is 8.62. The van der Waals surface area contributed by atoms with E-state index in [0.717, 1.165) is 10.6 Å². The third-order valence-electron chi connectivity index (χ3n) is 3.69. The Kier molecular flexibility index (Phi) is 5.11. The van der Waals surface area contributed by atoms with Gasteiger partial charge in [0.1, 0.15) is 11.4 Å². The summed E-state index contributed by atoms with van der Waals surface area (Å²) in [6.07, 6.45) is 0.732. The Morgan fingerprint density at radius 2 is 2.20 bits per heavy atom. The van der Waals surface area contributed by atoms with Gasteiger partial charge in [-0.1, -0.05) is 12.1 Å². The monoisotopic (exact) mass is 358 g/mol. The first-order chi connectivity index (χ1) is 12.0. The van der Waals surface area contributed by atoms with Gasteiger partial charge in [0.2, 0.25) is 0 Å². The number of amides is 1. The molecule has 0 saturated carbocycles. The van der Waals surface area contributed by atoms with Crippen LogP contribution in [0.2, 0.25) is 0 Å². The molecule has 0 aliphatic heterocycles. The average molecular weight is 358 g/mol. The quantitative estimate of drug-likeness (QED) is 0.691. The molecule has 130 valence electrons. The van der Waals surface area contributed by atoms with Gasteiger partial charge in [-0.25, -0.2) is 0 Å². The second-order valence-electron chi connectivity index (χ2n) is 5.57. The molecule has 3 rings (SSSR count). The lowest BCUT2D eigenvalue weighted by Gasteiger charge is -2.13. The molecule has 7 nitrogen and oxygen atoms in total. The molecule has 3 heterocycles. The van der Waals surface area contributed by atoms with Gasteiger partial charge in [-0.05, 0) is 23.6 Å². The number of aryl methyl sites for hydroxylation is 1. The number of thiophene rings is 1. The summed E-state index contributed by atoms with van der Waals surface area (Å²) in [4.78, 5) is 24.9. The number of nitrogens with zero attached hydrogens (tertiary/aromatic N) is 3. The van der Waals surface area contributed by atoms with E-state index < -0.39 is 6.10 Å². The van der Waals surface area contributed by atoms with Crippen molar-refractivity contribution in [2.45, 2.75) is 12.6 Å². The molecule has 25 heavy (non-hydrogen) atoms. The first kappa shape index (κ1) is 17.1. The number of aliphatic hydroxyl groups excluding tert-OH is 1. The standard InChI is InChI=1S/C17H18N4O3S/c1-20-14(9-13(19-20)15-5-4-8-25-15)17(24)18-10-12(22)11-21-7-3-2-6-16(21)23/h2-9,12,22H,10-11H2,1H3,(H,18,24). The van der Waals surface area contributed by atoms with Crippen LogP contribution in [0.4, 0.5) is 0 Å². The third-order valence-corrected chi connectivity index (χ3v) is 4.58. The van der Waals surface area contributed by atoms with Crippen LogP contribution in [-0.2, 0) is 13.6 Å². The van der Waals surface area contributed by atoms with Crippen molar-refractivity contribution >= 4 is 17.2 Å². The minimum Gasteiger partial charge on any atom is -0.389 e. The number of rotatable bonds is 6. The van der Waals surface area contributed by atoms with Crippen LogP contribution in [0.25, 0.3) is 10.6 Å². The molecule has 1 amide bonds. The smallest absolute Gasteiger partial charge is 0.269 e. The highest BCUT2D eigenvalue weighted by molar-refractivity contribution is 7.13. The maximum atomic E-state index is 12.3. The molecular formula is C17H18N4O3S. The minimum atomic E-state index is -0.867. The Hall–Kier alpha value is -2.71. The summed E-state index contributed by atoms with van der Waals surface area (Å²) >= 11 is 1.55. The highest BCUT2D eigenvalue weighted by Gasteiger charge is 2.16. The maximum Gasteiger partial charge on any atom is 0.269 e. The van der Waals surface area contributed by atoms with E-state index in [-0.39, 0.29) is 24.6 Å². The zero-order valence-electron chi connectivity index (χ0n) is 13.6. The Morgan fingerprint density at radius 3 is 2.92 bits per heavy atom. The van der Waals surface area contributed by atoms with E-state index in [0.29, 0.717) is 5.69 Å². The normalized spacial score (nSPS) is 12.1. The number of aromatic nitrogens is 3. The second kappa shape index (κ2) is 7.45. The predicted octanol–water partition coefficient (Wildman–Crippen LogP) is 1.10. The van der Waals surface area contributed by atoms with Gasteiger partial charge < -0.3 is 15.0 Å². The van der Waals surface area contributed by atoms with Crippen LogP contribution in [0.1, 0.15) is 10.5 Å². The maximum absolute atomic E-state index is 12.3. The Morgan fingerprint density at radius 1 is 1.36 bits per heavy atom. The van der Waals surface area contributed by atoms with Crippen molar-refractivity contribution in [1.29, 1.82) is 0 Å². The van der Waals surface area contributed by atoms with Gasteiger partial charge >= 0.3 is 0 Å². The number of nitrogens with one attached hydrogen (secondary N) is 1. The van der Waals surface area contributed by atoms with Crippen molar-refractivity contribution < 1.29 is 9.90 Å². The van der Waals surface area contributed by atoms with Crippen molar-refractivity contribution in [3.63, 3.8) is 0 Å². The van der Waals surface area contributed by atoms with E-state index >= 15 is 0 Å². The highest BCUT2D eigenvalue weighted by Crippen LogP contribution is 2.23. The van der Waals surface area contributed by atoms with Gasteiger partial charge in [0.15, 0.2) is 0 Å². The zero-order valence-corrected chi connectivity index (χ0v) is 14.4. The van der Waals surface area contributed by atoms with E-state index in [2.05, 4.69) is 10.4 Å². The van der Waals surface area contributed by atoms with E-state index in [1.54, 1.807) is 42.8 Å². The fourth-order valence-electron chi connectivity index (χ4n) is 2.43. The molecule has 0 aliphatic carbocycles. The van der Waals surface area contributed by atoms with Gasteiger partial charge in [0, 0.05) is 25.9 Å². The van der Waals surface area contributed by atoms with Crippen LogP contribution in [0.3, 0.4) is 0 Å². The van der Waals surface area contributed by atoms with Gasteiger partial charge in [-0.15, -0.1) is 11.3 Å². The highest BCUT2D eigenvalue weighted by atomic mass is 32.1. The summed E-state index contributed by atoms with van der Waals surface area (Å²) < 4.78 is 2.91. The molecule has 0 aromatic carbocycles. The van der Waals surface area contributed by atoms with E-state index in [4.69, 9.17) is 0 Å². The van der Waals surface area contributed by atoms with E-state index in [1.165, 1.54) is 15.3 Å². The van der Waals surface area contributed by atoms with Crippen molar-refractivity contribution in [1.82, 2.24) is 19.7 Å². The van der Waals surface area contributed by atoms with E-state index in [1.807, 2.05) is 17.5 Å². The van der Waals surface area contributed by atoms with Crippen molar-refractivity contribution in [3.05, 3.63) is 64.0 Å². The van der Waals surface area contributed by atoms with Crippen LogP contribution >= 0.6 is 11.3 Å². The van der Waals surface area contributed by atoms with Crippen LogP contribution in [0.15, 0.2) is 52.8 Å². The molecule has 1 atom stereocenters. The number of aliphatic hydroxyl groups is 1. The Bertz CT molecular complexity index is 914. The lowest BCUT2D eigenvalue weighted by Crippen LogP contribution is -2.37. The number of carbonyl (C=O) groups excluding carboxylic acids is 1. The molecular weight excluding hydrogens is 340 g/mol. The summed E-state index contributed by atoms with van der Waals surface area (Å²) in [7, 11) is 1.70. The molecule has 0 fully saturated rings. The fraction of sp³-hybridized carbons (Fsp3) is 0.235. The number of hydrogen-bond donors (Lipinski definition) is 2. The Labute approximate surface area is 148 Å². The number of hydrogen-bond acceptors (Lipinski definition) is 5. The van der Waals surface area contributed by atoms with Crippen molar-refractivity contribution in [2.24, 2.45) is 7.05 Å². The summed E-state index contributed by atoms with van der Waals surface area (Å²) in [6, 6.07) is 10.4. The van der Waals surface area contributed by atoms with Crippen LogP contribution in [0, 0.1) is 0 Å². The summed E-state index contributed by atoms with van der Waals surface area (Å²) in [5.41, 5.74) is 0.951. The van der Waals surface area contributed by atoms with Gasteiger partial charge in [0.05, 0.1) is 17.5 Å². The molecule has 3 aromatic rings. The molecule has 3 aromatic heterocycles. The summed E-state index contributed by atoms with van der Waals surface area (Å²) in [5, 5.41) is 19.0. The topological polar surface area (TPSA) is 89.2 Å². The first-order valence-electron chi connectivity index (χ1n) is 7.74. The zero-order chi connectivity index (χ0) is 17.8. The molecule has 0 aliphatic rings. The van der Waals surface area contributed by atoms with E-state index in [9.17, 15) is 14.7 Å². The number of pyridine rings is 1. The third kappa shape index (κ3) is 4.04. The van der Waals surface area contributed by atoms with Gasteiger partial charge in [-0.3, -0.25) is 14.3 Å². The van der Waals surface area contributed by atoms with Crippen molar-refractivity contribution in [2.75, 3.05) is 6.54 Å². The minimum absolute atomic E-state index is 0.0414.